The molecule has 3 heterocycles. The molecule has 3 aliphatic rings. The average molecular weight is 337 g/mol. The Bertz CT molecular complexity index is 757. The molecule has 2 aromatic rings. The van der Waals surface area contributed by atoms with Crippen LogP contribution in [0, 0.1) is 0 Å². The van der Waals surface area contributed by atoms with E-state index in [1.54, 1.807) is 11.1 Å². The number of aromatic nitrogens is 3. The van der Waals surface area contributed by atoms with Crippen LogP contribution in [-0.4, -0.2) is 33.9 Å². The van der Waals surface area contributed by atoms with Crippen LogP contribution < -0.4 is 10.2 Å². The highest BCUT2D eigenvalue weighted by Crippen LogP contribution is 2.28. The van der Waals surface area contributed by atoms with Gasteiger partial charge < -0.3 is 14.8 Å². The number of benzene rings is 1. The average Bonchev–Trinajstić information content (AvgIpc) is 3.37. The second-order valence-electron chi connectivity index (χ2n) is 7.74. The fourth-order valence-electron chi connectivity index (χ4n) is 4.67. The fourth-order valence-corrected chi connectivity index (χ4v) is 4.67. The van der Waals surface area contributed by atoms with Crippen molar-refractivity contribution in [3.8, 4) is 0 Å². The van der Waals surface area contributed by atoms with Crippen LogP contribution in [0.4, 0.5) is 5.69 Å². The second-order valence-corrected chi connectivity index (χ2v) is 7.74. The molecule has 25 heavy (non-hydrogen) atoms. The zero-order valence-electron chi connectivity index (χ0n) is 14.9. The Hall–Kier alpha value is -1.88. The molecular formula is C20H27N5. The Labute approximate surface area is 149 Å². The zero-order valence-corrected chi connectivity index (χ0v) is 14.9. The molecule has 0 saturated carbocycles. The molecule has 0 spiro atoms. The molecule has 0 radical (unpaired) electrons. The Morgan fingerprint density at radius 2 is 1.84 bits per heavy atom. The van der Waals surface area contributed by atoms with E-state index in [1.807, 2.05) is 0 Å². The van der Waals surface area contributed by atoms with Crippen molar-refractivity contribution < 1.29 is 0 Å². The van der Waals surface area contributed by atoms with E-state index < -0.39 is 0 Å². The summed E-state index contributed by atoms with van der Waals surface area (Å²) in [7, 11) is 0. The van der Waals surface area contributed by atoms with Gasteiger partial charge in [0.25, 0.3) is 0 Å². The summed E-state index contributed by atoms with van der Waals surface area (Å²) in [6.45, 7) is 4.25. The van der Waals surface area contributed by atoms with E-state index in [4.69, 9.17) is 0 Å². The number of aryl methyl sites for hydroxylation is 3. The second kappa shape index (κ2) is 6.45. The zero-order chi connectivity index (χ0) is 16.6. The summed E-state index contributed by atoms with van der Waals surface area (Å²) < 4.78 is 2.30. The minimum atomic E-state index is 0.597. The Morgan fingerprint density at radius 3 is 2.76 bits per heavy atom. The van der Waals surface area contributed by atoms with Crippen LogP contribution in [0.5, 0.6) is 0 Å². The van der Waals surface area contributed by atoms with E-state index in [1.165, 1.54) is 50.0 Å². The lowest BCUT2D eigenvalue weighted by molar-refractivity contribution is 0.406. The smallest absolute Gasteiger partial charge is 0.147 e. The van der Waals surface area contributed by atoms with Crippen LogP contribution in [0.3, 0.4) is 0 Å². The first kappa shape index (κ1) is 15.4. The third kappa shape index (κ3) is 2.95. The Morgan fingerprint density at radius 1 is 0.960 bits per heavy atom. The van der Waals surface area contributed by atoms with Gasteiger partial charge in [-0.05, 0) is 61.8 Å². The molecule has 1 aliphatic carbocycles. The van der Waals surface area contributed by atoms with Crippen molar-refractivity contribution in [1.82, 2.24) is 20.1 Å². The largest absolute Gasteiger partial charge is 0.371 e. The summed E-state index contributed by atoms with van der Waals surface area (Å²) >= 11 is 0. The highest BCUT2D eigenvalue weighted by molar-refractivity contribution is 5.52. The maximum absolute atomic E-state index is 4.36. The molecule has 1 saturated heterocycles. The van der Waals surface area contributed by atoms with Gasteiger partial charge >= 0.3 is 0 Å². The van der Waals surface area contributed by atoms with Crippen molar-refractivity contribution in [1.29, 1.82) is 0 Å². The topological polar surface area (TPSA) is 46.0 Å². The first-order chi connectivity index (χ1) is 12.4. The molecule has 5 rings (SSSR count). The molecule has 5 heteroatoms. The predicted molar refractivity (Wildman–Crippen MR) is 98.9 cm³/mol. The number of fused-ring (bicyclic) bond motifs is 2. The van der Waals surface area contributed by atoms with Crippen LogP contribution in [0.2, 0.25) is 0 Å². The lowest BCUT2D eigenvalue weighted by Gasteiger charge is -2.34. The van der Waals surface area contributed by atoms with Crippen LogP contribution in [0.1, 0.15) is 48.5 Å². The monoisotopic (exact) mass is 337 g/mol. The van der Waals surface area contributed by atoms with E-state index in [-0.39, 0.29) is 0 Å². The Kier molecular flexibility index (Phi) is 3.97. The van der Waals surface area contributed by atoms with Gasteiger partial charge in [0.15, 0.2) is 0 Å². The van der Waals surface area contributed by atoms with Crippen molar-refractivity contribution in [3.63, 3.8) is 0 Å². The van der Waals surface area contributed by atoms with E-state index in [9.17, 15) is 0 Å². The van der Waals surface area contributed by atoms with E-state index in [0.29, 0.717) is 6.04 Å². The third-order valence-electron chi connectivity index (χ3n) is 6.18. The standard InChI is InChI=1S/C20H27N5/c1-3-15-6-7-18(13-16(15)4-1)24-11-8-17(9-12-24)21-14-20-23-22-19-5-2-10-25(19)20/h6-7,13,17,21H,1-5,8-12,14H2. The van der Waals surface area contributed by atoms with Crippen molar-refractivity contribution >= 4 is 5.69 Å². The fraction of sp³-hybridized carbons (Fsp3) is 0.600. The number of hydrogen-bond donors (Lipinski definition) is 1. The van der Waals surface area contributed by atoms with Gasteiger partial charge in [-0.25, -0.2) is 0 Å². The number of anilines is 1. The molecule has 0 amide bonds. The van der Waals surface area contributed by atoms with Gasteiger partial charge in [-0.3, -0.25) is 0 Å². The van der Waals surface area contributed by atoms with E-state index in [2.05, 4.69) is 43.2 Å². The van der Waals surface area contributed by atoms with Crippen LogP contribution in [0.15, 0.2) is 18.2 Å². The molecule has 1 aromatic carbocycles. The molecule has 0 bridgehead atoms. The van der Waals surface area contributed by atoms with Gasteiger partial charge in [-0.1, -0.05) is 6.07 Å². The molecular weight excluding hydrogens is 310 g/mol. The van der Waals surface area contributed by atoms with Gasteiger partial charge in [-0.2, -0.15) is 0 Å². The highest BCUT2D eigenvalue weighted by atomic mass is 15.3. The number of rotatable bonds is 4. The molecule has 1 aromatic heterocycles. The summed E-state index contributed by atoms with van der Waals surface area (Å²) in [5.74, 6) is 2.29. The quantitative estimate of drug-likeness (QED) is 0.931. The van der Waals surface area contributed by atoms with Crippen molar-refractivity contribution in [2.75, 3.05) is 18.0 Å². The van der Waals surface area contributed by atoms with Crippen LogP contribution in [0.25, 0.3) is 0 Å². The number of nitrogens with one attached hydrogen (secondary N) is 1. The maximum atomic E-state index is 4.36. The maximum Gasteiger partial charge on any atom is 0.147 e. The molecule has 2 aliphatic heterocycles. The van der Waals surface area contributed by atoms with Gasteiger partial charge in [0.1, 0.15) is 11.6 Å². The number of piperidine rings is 1. The predicted octanol–water partition coefficient (Wildman–Crippen LogP) is 2.47. The molecule has 1 fully saturated rings. The summed E-state index contributed by atoms with van der Waals surface area (Å²) in [5, 5.41) is 12.4. The van der Waals surface area contributed by atoms with Gasteiger partial charge in [-0.15, -0.1) is 10.2 Å². The highest BCUT2D eigenvalue weighted by Gasteiger charge is 2.22. The molecule has 132 valence electrons. The third-order valence-corrected chi connectivity index (χ3v) is 6.18. The molecule has 0 unspecified atom stereocenters. The van der Waals surface area contributed by atoms with Gasteiger partial charge in [0.05, 0.1) is 6.54 Å². The first-order valence-electron chi connectivity index (χ1n) is 9.88. The lowest BCUT2D eigenvalue weighted by atomic mass is 10.0. The van der Waals surface area contributed by atoms with Crippen molar-refractivity contribution in [2.24, 2.45) is 0 Å². The van der Waals surface area contributed by atoms with Gasteiger partial charge in [0.2, 0.25) is 0 Å². The van der Waals surface area contributed by atoms with Crippen LogP contribution >= 0.6 is 0 Å². The summed E-state index contributed by atoms with van der Waals surface area (Å²) in [6, 6.07) is 7.72. The van der Waals surface area contributed by atoms with E-state index >= 15 is 0 Å². The van der Waals surface area contributed by atoms with Gasteiger partial charge in [0, 0.05) is 37.8 Å². The summed E-state index contributed by atoms with van der Waals surface area (Å²) in [4.78, 5) is 2.56. The SMILES string of the molecule is c1cc2c(cc1N1CCC(NCc3nnc4n3CCC4)CC1)CCC2. The minimum absolute atomic E-state index is 0.597. The van der Waals surface area contributed by atoms with Crippen molar-refractivity contribution in [3.05, 3.63) is 41.0 Å². The number of hydrogen-bond acceptors (Lipinski definition) is 4. The Balaban J connectivity index is 1.16. The lowest BCUT2D eigenvalue weighted by Crippen LogP contribution is -2.42. The molecule has 0 atom stereocenters. The molecule has 5 nitrogen and oxygen atoms in total. The van der Waals surface area contributed by atoms with Crippen molar-refractivity contribution in [2.45, 2.75) is 64.1 Å². The number of nitrogens with zero attached hydrogens (tertiary/aromatic N) is 4. The normalized spacial score (nSPS) is 20.1. The minimum Gasteiger partial charge on any atom is -0.371 e. The summed E-state index contributed by atoms with van der Waals surface area (Å²) in [6.07, 6.45) is 8.59. The van der Waals surface area contributed by atoms with E-state index in [0.717, 1.165) is 38.4 Å². The molecule has 1 N–H and O–H groups in total. The summed E-state index contributed by atoms with van der Waals surface area (Å²) in [5.41, 5.74) is 4.58. The van der Waals surface area contributed by atoms with Crippen LogP contribution in [-0.2, 0) is 32.4 Å². The first-order valence-corrected chi connectivity index (χ1v) is 9.88.